The maximum absolute atomic E-state index is 13.3. The monoisotopic (exact) mass is 580 g/mol. The molecule has 4 amide bonds. The van der Waals surface area contributed by atoms with Crippen molar-refractivity contribution in [2.24, 2.45) is 11.5 Å². The van der Waals surface area contributed by atoms with Crippen LogP contribution >= 0.6 is 0 Å². The number of unbranched alkanes of at least 4 members (excludes halogenated alkanes) is 2. The largest absolute Gasteiger partial charge is 0.394 e. The highest BCUT2D eigenvalue weighted by atomic mass is 16.3. The number of amides is 4. The summed E-state index contributed by atoms with van der Waals surface area (Å²) in [5, 5.41) is 18.3. The maximum atomic E-state index is 13.3. The van der Waals surface area contributed by atoms with Gasteiger partial charge in [-0.1, -0.05) is 44.6 Å². The Kier molecular flexibility index (Phi) is 24.4. The molecule has 11 nitrogen and oxygen atoms in total. The maximum Gasteiger partial charge on any atom is 0.247 e. The number of allylic oxidation sites excluding steroid dienone is 4. The van der Waals surface area contributed by atoms with Crippen molar-refractivity contribution in [3.8, 4) is 0 Å². The predicted octanol–water partition coefficient (Wildman–Crippen LogP) is 1.64. The van der Waals surface area contributed by atoms with Gasteiger partial charge in [-0.2, -0.15) is 0 Å². The molecule has 0 rings (SSSR count). The Morgan fingerprint density at radius 2 is 1.37 bits per heavy atom. The molecule has 41 heavy (non-hydrogen) atoms. The van der Waals surface area contributed by atoms with E-state index in [2.05, 4.69) is 16.0 Å². The minimum atomic E-state index is -1.11. The Bertz CT molecular complexity index is 789. The molecule has 0 bridgehead atoms. The first-order chi connectivity index (χ1) is 19.8. The quantitative estimate of drug-likeness (QED) is 0.0701. The van der Waals surface area contributed by atoms with Gasteiger partial charge in [0.05, 0.1) is 12.6 Å². The Balaban J connectivity index is 4.91. The van der Waals surface area contributed by atoms with Crippen molar-refractivity contribution in [2.75, 3.05) is 39.3 Å². The van der Waals surface area contributed by atoms with Crippen molar-refractivity contribution < 1.29 is 24.3 Å². The molecular weight excluding hydrogens is 524 g/mol. The van der Waals surface area contributed by atoms with Crippen LogP contribution in [0, 0.1) is 0 Å². The summed E-state index contributed by atoms with van der Waals surface area (Å²) in [6, 6.07) is -1.90. The zero-order valence-electron chi connectivity index (χ0n) is 25.4. The summed E-state index contributed by atoms with van der Waals surface area (Å²) in [6.07, 6.45) is 15.9. The number of nitrogens with two attached hydrogens (primary N) is 2. The van der Waals surface area contributed by atoms with E-state index in [-0.39, 0.29) is 11.8 Å². The summed E-state index contributed by atoms with van der Waals surface area (Å²) in [6.45, 7) is 5.68. The first-order valence-electron chi connectivity index (χ1n) is 15.3. The fraction of sp³-hybridized carbons (Fsp3) is 0.733. The number of aliphatic hydroxyl groups is 1. The number of aliphatic hydroxyl groups excluding tert-OH is 1. The molecule has 0 aliphatic rings. The van der Waals surface area contributed by atoms with Crippen molar-refractivity contribution in [3.63, 3.8) is 0 Å². The molecule has 0 unspecified atom stereocenters. The number of hydrogen-bond acceptors (Lipinski definition) is 7. The third-order valence-corrected chi connectivity index (χ3v) is 6.40. The topological polar surface area (TPSA) is 180 Å². The number of carbonyl (C=O) groups is 4. The third kappa shape index (κ3) is 20.7. The zero-order valence-corrected chi connectivity index (χ0v) is 25.4. The summed E-state index contributed by atoms with van der Waals surface area (Å²) < 4.78 is 0. The molecule has 2 atom stereocenters. The molecule has 236 valence electrons. The molecule has 8 N–H and O–H groups in total. The van der Waals surface area contributed by atoms with Crippen molar-refractivity contribution in [3.05, 3.63) is 24.3 Å². The molecule has 0 radical (unpaired) electrons. The van der Waals surface area contributed by atoms with Gasteiger partial charge < -0.3 is 37.4 Å². The standard InChI is InChI=1S/C30H56N6O5/c1-3-5-7-9-17-27(38)33-20-13-14-22-36(23-15-21-34-28(39)18-10-8-6-4-2)30(41)26(24-37)35-29(40)25(32)16-11-12-19-31/h5-8,25-26,37H,3-4,9-24,31-32H2,1-2H3,(H,33,38)(H,34,39)(H,35,40)/b7-5-,8-6-/t25-,26+/m1/s1. The lowest BCUT2D eigenvalue weighted by Gasteiger charge is -2.28. The van der Waals surface area contributed by atoms with Crippen molar-refractivity contribution in [1.29, 1.82) is 0 Å². The smallest absolute Gasteiger partial charge is 0.247 e. The Hall–Kier alpha value is -2.76. The molecule has 0 saturated heterocycles. The van der Waals surface area contributed by atoms with Gasteiger partial charge in [0.1, 0.15) is 6.04 Å². The van der Waals surface area contributed by atoms with Gasteiger partial charge in [-0.15, -0.1) is 0 Å². The average molecular weight is 581 g/mol. The highest BCUT2D eigenvalue weighted by Crippen LogP contribution is 2.04. The van der Waals surface area contributed by atoms with Crippen LogP contribution in [0.1, 0.15) is 90.9 Å². The van der Waals surface area contributed by atoms with E-state index in [0.717, 1.165) is 19.3 Å². The van der Waals surface area contributed by atoms with Gasteiger partial charge in [0, 0.05) is 39.0 Å². The van der Waals surface area contributed by atoms with Crippen LogP contribution in [0.15, 0.2) is 24.3 Å². The van der Waals surface area contributed by atoms with Gasteiger partial charge in [-0.25, -0.2) is 0 Å². The van der Waals surface area contributed by atoms with Crippen molar-refractivity contribution in [1.82, 2.24) is 20.9 Å². The van der Waals surface area contributed by atoms with E-state index >= 15 is 0 Å². The Morgan fingerprint density at radius 1 is 0.805 bits per heavy atom. The molecule has 0 fully saturated rings. The van der Waals surface area contributed by atoms with Gasteiger partial charge in [0.15, 0.2) is 0 Å². The summed E-state index contributed by atoms with van der Waals surface area (Å²) in [7, 11) is 0. The molecule has 11 heteroatoms. The highest BCUT2D eigenvalue weighted by Gasteiger charge is 2.27. The molecule has 0 saturated carbocycles. The van der Waals surface area contributed by atoms with Gasteiger partial charge >= 0.3 is 0 Å². The van der Waals surface area contributed by atoms with E-state index in [4.69, 9.17) is 11.5 Å². The van der Waals surface area contributed by atoms with Gasteiger partial charge in [0.2, 0.25) is 23.6 Å². The molecule has 0 aromatic heterocycles. The van der Waals surface area contributed by atoms with Crippen LogP contribution in [0.5, 0.6) is 0 Å². The van der Waals surface area contributed by atoms with Crippen LogP contribution in [0.2, 0.25) is 0 Å². The number of nitrogens with one attached hydrogen (secondary N) is 3. The summed E-state index contributed by atoms with van der Waals surface area (Å²) in [4.78, 5) is 51.4. The minimum absolute atomic E-state index is 0.00882. The van der Waals surface area contributed by atoms with Gasteiger partial charge in [-0.3, -0.25) is 19.2 Å². The Labute approximate surface area is 246 Å². The molecule has 0 heterocycles. The predicted molar refractivity (Wildman–Crippen MR) is 164 cm³/mol. The average Bonchev–Trinajstić information content (AvgIpc) is 2.96. The molecule has 0 aromatic rings. The summed E-state index contributed by atoms with van der Waals surface area (Å²) in [5.74, 6) is -0.952. The van der Waals surface area contributed by atoms with E-state index in [9.17, 15) is 24.3 Å². The number of hydrogen-bond donors (Lipinski definition) is 6. The first kappa shape index (κ1) is 38.2. The third-order valence-electron chi connectivity index (χ3n) is 6.40. The second-order valence-corrected chi connectivity index (χ2v) is 10.1. The van der Waals surface area contributed by atoms with E-state index in [1.807, 2.05) is 38.2 Å². The minimum Gasteiger partial charge on any atom is -0.394 e. The second-order valence-electron chi connectivity index (χ2n) is 10.1. The van der Waals surface area contributed by atoms with Crippen molar-refractivity contribution >= 4 is 23.6 Å². The fourth-order valence-electron chi connectivity index (χ4n) is 3.98. The number of carbonyl (C=O) groups excluding carboxylic acids is 4. The molecule has 0 spiro atoms. The lowest BCUT2D eigenvalue weighted by molar-refractivity contribution is -0.138. The lowest BCUT2D eigenvalue weighted by atomic mass is 10.1. The Morgan fingerprint density at radius 3 is 1.90 bits per heavy atom. The van der Waals surface area contributed by atoms with Crippen LogP contribution in [0.3, 0.4) is 0 Å². The number of nitrogens with zero attached hydrogens (tertiary/aromatic N) is 1. The lowest BCUT2D eigenvalue weighted by Crippen LogP contribution is -2.54. The van der Waals surface area contributed by atoms with Crippen molar-refractivity contribution in [2.45, 2.75) is 103 Å². The van der Waals surface area contributed by atoms with E-state index < -0.39 is 30.5 Å². The first-order valence-corrected chi connectivity index (χ1v) is 15.3. The number of rotatable bonds is 25. The van der Waals surface area contributed by atoms with Gasteiger partial charge in [-0.05, 0) is 64.3 Å². The molecular formula is C30H56N6O5. The van der Waals surface area contributed by atoms with Gasteiger partial charge in [0.25, 0.3) is 0 Å². The van der Waals surface area contributed by atoms with E-state index in [1.54, 1.807) is 4.90 Å². The zero-order chi connectivity index (χ0) is 30.7. The normalized spacial score (nSPS) is 12.8. The molecule has 0 aliphatic carbocycles. The van der Waals surface area contributed by atoms with Crippen LogP contribution in [0.25, 0.3) is 0 Å². The molecule has 0 aliphatic heterocycles. The summed E-state index contributed by atoms with van der Waals surface area (Å²) >= 11 is 0. The van der Waals surface area contributed by atoms with Crippen LogP contribution < -0.4 is 27.4 Å². The van der Waals surface area contributed by atoms with Crippen LogP contribution in [-0.4, -0.2) is 85.0 Å². The highest BCUT2D eigenvalue weighted by molar-refractivity contribution is 5.89. The van der Waals surface area contributed by atoms with E-state index in [1.165, 1.54) is 0 Å². The molecule has 0 aromatic carbocycles. The van der Waals surface area contributed by atoms with Crippen LogP contribution in [-0.2, 0) is 19.2 Å². The van der Waals surface area contributed by atoms with Crippen LogP contribution in [0.4, 0.5) is 0 Å². The SMILES string of the molecule is CC/C=C\CCC(=O)NCCCCN(CCCNC(=O)CC/C=C\CC)C(=O)[C@H](CO)NC(=O)[C@H](N)CCCCN. The second kappa shape index (κ2) is 26.2. The fourth-order valence-corrected chi connectivity index (χ4v) is 3.98. The van der Waals surface area contributed by atoms with E-state index in [0.29, 0.717) is 90.5 Å². The summed E-state index contributed by atoms with van der Waals surface area (Å²) in [5.41, 5.74) is 11.5.